The van der Waals surface area contributed by atoms with Crippen LogP contribution in [0.15, 0.2) is 36.4 Å². The number of amides is 2. The molecule has 1 aliphatic rings. The van der Waals surface area contributed by atoms with Crippen molar-refractivity contribution in [2.75, 3.05) is 16.8 Å². The van der Waals surface area contributed by atoms with Gasteiger partial charge in [0.2, 0.25) is 11.8 Å². The van der Waals surface area contributed by atoms with Crippen molar-refractivity contribution >= 4 is 46.4 Å². The molecule has 0 saturated carbocycles. The molecular weight excluding hydrogens is 373 g/mol. The van der Waals surface area contributed by atoms with E-state index in [0.717, 1.165) is 12.1 Å². The minimum absolute atomic E-state index is 0.0155. The summed E-state index contributed by atoms with van der Waals surface area (Å²) in [6.45, 7) is 0.119. The zero-order valence-electron chi connectivity index (χ0n) is 12.7. The molecule has 0 radical (unpaired) electrons. The van der Waals surface area contributed by atoms with Crippen LogP contribution in [0, 0.1) is 17.6 Å². The van der Waals surface area contributed by atoms with E-state index in [1.165, 1.54) is 11.0 Å². The molecule has 1 atom stereocenters. The van der Waals surface area contributed by atoms with Gasteiger partial charge in [0.25, 0.3) is 0 Å². The fraction of sp³-hybridized carbons (Fsp3) is 0.176. The van der Waals surface area contributed by atoms with Gasteiger partial charge in [-0.05, 0) is 24.3 Å². The molecule has 130 valence electrons. The summed E-state index contributed by atoms with van der Waals surface area (Å²) in [4.78, 5) is 26.0. The topological polar surface area (TPSA) is 49.4 Å². The Kier molecular flexibility index (Phi) is 4.92. The highest BCUT2D eigenvalue weighted by atomic mass is 35.5. The summed E-state index contributed by atoms with van der Waals surface area (Å²) in [5, 5.41) is 3.03. The lowest BCUT2D eigenvalue weighted by Gasteiger charge is -2.18. The predicted molar refractivity (Wildman–Crippen MR) is 91.9 cm³/mol. The molecule has 3 rings (SSSR count). The van der Waals surface area contributed by atoms with Gasteiger partial charge in [0.15, 0.2) is 11.6 Å². The average molecular weight is 385 g/mol. The first-order valence-corrected chi connectivity index (χ1v) is 8.12. The molecule has 2 aromatic carbocycles. The van der Waals surface area contributed by atoms with Gasteiger partial charge in [-0.2, -0.15) is 0 Å². The van der Waals surface area contributed by atoms with Gasteiger partial charge in [-0.15, -0.1) is 0 Å². The number of rotatable bonds is 3. The molecule has 1 saturated heterocycles. The lowest BCUT2D eigenvalue weighted by molar-refractivity contribution is -0.122. The van der Waals surface area contributed by atoms with Gasteiger partial charge < -0.3 is 10.2 Å². The molecule has 2 aromatic rings. The number of carbonyl (C=O) groups is 2. The molecule has 0 spiro atoms. The van der Waals surface area contributed by atoms with E-state index in [4.69, 9.17) is 23.2 Å². The van der Waals surface area contributed by atoms with Gasteiger partial charge in [-0.25, -0.2) is 8.78 Å². The van der Waals surface area contributed by atoms with E-state index in [-0.39, 0.29) is 29.6 Å². The van der Waals surface area contributed by atoms with Crippen LogP contribution in [-0.2, 0) is 9.59 Å². The molecular formula is C17H12Cl2F2N2O2. The molecule has 1 fully saturated rings. The molecule has 25 heavy (non-hydrogen) atoms. The van der Waals surface area contributed by atoms with Crippen LogP contribution in [0.4, 0.5) is 20.2 Å². The fourth-order valence-electron chi connectivity index (χ4n) is 2.64. The maximum absolute atomic E-state index is 13.2. The Morgan fingerprint density at radius 1 is 1.16 bits per heavy atom. The highest BCUT2D eigenvalue weighted by molar-refractivity contribution is 6.44. The van der Waals surface area contributed by atoms with Crippen LogP contribution in [0.5, 0.6) is 0 Å². The van der Waals surface area contributed by atoms with E-state index < -0.39 is 23.5 Å². The number of nitrogens with zero attached hydrogens (tertiary/aromatic N) is 1. The highest BCUT2D eigenvalue weighted by Gasteiger charge is 2.36. The summed E-state index contributed by atoms with van der Waals surface area (Å²) in [5.74, 6) is -3.44. The highest BCUT2D eigenvalue weighted by Crippen LogP contribution is 2.35. The molecule has 1 N–H and O–H groups in total. The third-order valence-electron chi connectivity index (χ3n) is 3.90. The molecule has 1 heterocycles. The molecule has 0 bridgehead atoms. The third-order valence-corrected chi connectivity index (χ3v) is 4.71. The summed E-state index contributed by atoms with van der Waals surface area (Å²) >= 11 is 12.1. The van der Waals surface area contributed by atoms with E-state index in [1.807, 2.05) is 0 Å². The first-order chi connectivity index (χ1) is 11.9. The van der Waals surface area contributed by atoms with E-state index in [1.54, 1.807) is 18.2 Å². The Balaban J connectivity index is 1.74. The van der Waals surface area contributed by atoms with Crippen LogP contribution in [0.1, 0.15) is 6.42 Å². The average Bonchev–Trinajstić information content (AvgIpc) is 2.95. The normalized spacial score (nSPS) is 17.0. The summed E-state index contributed by atoms with van der Waals surface area (Å²) in [7, 11) is 0. The van der Waals surface area contributed by atoms with Crippen molar-refractivity contribution < 1.29 is 18.4 Å². The summed E-state index contributed by atoms with van der Waals surface area (Å²) in [6.07, 6.45) is -0.0155. The van der Waals surface area contributed by atoms with Crippen LogP contribution >= 0.6 is 23.2 Å². The summed E-state index contributed by atoms with van der Waals surface area (Å²) in [5.41, 5.74) is 0.554. The molecule has 8 heteroatoms. The van der Waals surface area contributed by atoms with Crippen LogP contribution in [0.3, 0.4) is 0 Å². The molecule has 1 unspecified atom stereocenters. The van der Waals surface area contributed by atoms with Crippen molar-refractivity contribution in [1.29, 1.82) is 0 Å². The number of anilines is 2. The van der Waals surface area contributed by atoms with Crippen molar-refractivity contribution in [3.05, 3.63) is 58.1 Å². The Morgan fingerprint density at radius 2 is 1.92 bits per heavy atom. The lowest BCUT2D eigenvalue weighted by Crippen LogP contribution is -2.28. The van der Waals surface area contributed by atoms with Crippen molar-refractivity contribution in [3.8, 4) is 0 Å². The number of hydrogen-bond acceptors (Lipinski definition) is 2. The minimum atomic E-state index is -1.06. The Morgan fingerprint density at radius 3 is 2.64 bits per heavy atom. The Hall–Kier alpha value is -2.18. The number of carbonyl (C=O) groups excluding carboxylic acids is 2. The smallest absolute Gasteiger partial charge is 0.229 e. The number of hydrogen-bond donors (Lipinski definition) is 1. The predicted octanol–water partition coefficient (Wildman–Crippen LogP) is 4.26. The second-order valence-corrected chi connectivity index (χ2v) is 6.38. The van der Waals surface area contributed by atoms with E-state index >= 15 is 0 Å². The van der Waals surface area contributed by atoms with Crippen molar-refractivity contribution in [3.63, 3.8) is 0 Å². The second kappa shape index (κ2) is 6.98. The molecule has 4 nitrogen and oxygen atoms in total. The zero-order chi connectivity index (χ0) is 18.1. The van der Waals surface area contributed by atoms with Crippen molar-refractivity contribution in [2.45, 2.75) is 6.42 Å². The molecule has 2 amide bonds. The maximum atomic E-state index is 13.2. The molecule has 0 aliphatic carbocycles. The third kappa shape index (κ3) is 3.60. The first kappa shape index (κ1) is 17.6. The first-order valence-electron chi connectivity index (χ1n) is 7.37. The number of benzene rings is 2. The molecule has 1 aliphatic heterocycles. The van der Waals surface area contributed by atoms with Crippen LogP contribution in [-0.4, -0.2) is 18.4 Å². The van der Waals surface area contributed by atoms with Gasteiger partial charge in [0.05, 0.1) is 21.7 Å². The fourth-order valence-corrected chi connectivity index (χ4v) is 3.03. The van der Waals surface area contributed by atoms with E-state index in [0.29, 0.717) is 10.7 Å². The SMILES string of the molecule is O=C(Nc1ccc(F)c(F)c1)C1CC(=O)N(c2cccc(Cl)c2Cl)C1. The largest absolute Gasteiger partial charge is 0.326 e. The molecule has 0 aromatic heterocycles. The van der Waals surface area contributed by atoms with Crippen molar-refractivity contribution in [2.24, 2.45) is 5.92 Å². The van der Waals surface area contributed by atoms with Gasteiger partial charge >= 0.3 is 0 Å². The van der Waals surface area contributed by atoms with Crippen LogP contribution in [0.2, 0.25) is 10.0 Å². The van der Waals surface area contributed by atoms with E-state index in [9.17, 15) is 18.4 Å². The summed E-state index contributed by atoms with van der Waals surface area (Å²) < 4.78 is 26.2. The van der Waals surface area contributed by atoms with E-state index in [2.05, 4.69) is 5.32 Å². The van der Waals surface area contributed by atoms with Gasteiger partial charge in [0.1, 0.15) is 0 Å². The zero-order valence-corrected chi connectivity index (χ0v) is 14.2. The van der Waals surface area contributed by atoms with Crippen molar-refractivity contribution in [1.82, 2.24) is 0 Å². The Bertz CT molecular complexity index is 861. The maximum Gasteiger partial charge on any atom is 0.229 e. The summed E-state index contributed by atoms with van der Waals surface area (Å²) in [6, 6.07) is 7.95. The van der Waals surface area contributed by atoms with Crippen LogP contribution in [0.25, 0.3) is 0 Å². The van der Waals surface area contributed by atoms with Gasteiger partial charge in [-0.3, -0.25) is 9.59 Å². The monoisotopic (exact) mass is 384 g/mol. The van der Waals surface area contributed by atoms with Gasteiger partial charge in [0, 0.05) is 24.7 Å². The minimum Gasteiger partial charge on any atom is -0.326 e. The number of nitrogens with one attached hydrogen (secondary N) is 1. The van der Waals surface area contributed by atoms with Gasteiger partial charge in [-0.1, -0.05) is 29.3 Å². The number of halogens is 4. The van der Waals surface area contributed by atoms with Crippen LogP contribution < -0.4 is 10.2 Å². The lowest BCUT2D eigenvalue weighted by atomic mass is 10.1. The standard InChI is InChI=1S/C17H12Cl2F2N2O2/c18-11-2-1-3-14(16(11)19)23-8-9(6-15(23)24)17(25)22-10-4-5-12(20)13(21)7-10/h1-5,7,9H,6,8H2,(H,22,25). The quantitative estimate of drug-likeness (QED) is 0.858. The Labute approximate surface area is 152 Å². The second-order valence-electron chi connectivity index (χ2n) is 5.60.